The average Bonchev–Trinajstić information content (AvgIpc) is 2.91. The first-order valence-corrected chi connectivity index (χ1v) is 14.7. The van der Waals surface area contributed by atoms with E-state index in [1.807, 2.05) is 0 Å². The zero-order chi connectivity index (χ0) is 30.4. The third-order valence-electron chi connectivity index (χ3n) is 5.91. The molecule has 1 heterocycles. The van der Waals surface area contributed by atoms with E-state index in [1.54, 1.807) is 37.3 Å². The summed E-state index contributed by atoms with van der Waals surface area (Å²) in [6.45, 7) is 1.02. The van der Waals surface area contributed by atoms with E-state index in [0.29, 0.717) is 12.0 Å². The van der Waals surface area contributed by atoms with Gasteiger partial charge >= 0.3 is 5.97 Å². The number of carbonyl (C=O) groups excluding carboxylic acids is 5. The molecular weight excluding hydrogens is 558 g/mol. The molecule has 0 unspecified atom stereocenters. The zero-order valence-corrected chi connectivity index (χ0v) is 23.7. The van der Waals surface area contributed by atoms with Crippen LogP contribution in [-0.2, 0) is 44.5 Å². The summed E-state index contributed by atoms with van der Waals surface area (Å²) in [5, 5.41) is 4.60. The molecule has 0 radical (unpaired) electrons. The van der Waals surface area contributed by atoms with Gasteiger partial charge in [-0.1, -0.05) is 30.3 Å². The number of ether oxygens (including phenoxy) is 1. The number of carbonyl (C=O) groups is 5. The Morgan fingerprint density at radius 1 is 1.17 bits per heavy atom. The van der Waals surface area contributed by atoms with Crippen molar-refractivity contribution in [2.24, 2.45) is 16.5 Å². The molecule has 7 N–H and O–H groups in total. The van der Waals surface area contributed by atoms with E-state index < -0.39 is 64.7 Å². The lowest BCUT2D eigenvalue weighted by atomic mass is 10.0. The topological polar surface area (TPSA) is 232 Å². The van der Waals surface area contributed by atoms with Crippen LogP contribution in [0, 0.1) is 0 Å². The lowest BCUT2D eigenvalue weighted by Gasteiger charge is -2.32. The number of likely N-dealkylation sites (tertiary alicyclic amines) is 1. The monoisotopic (exact) mass is 595 g/mol. The predicted molar refractivity (Wildman–Crippen MR) is 148 cm³/mol. The number of esters is 1. The van der Waals surface area contributed by atoms with E-state index in [9.17, 15) is 32.4 Å². The van der Waals surface area contributed by atoms with Gasteiger partial charge in [0, 0.05) is 13.1 Å². The molecular formula is C25H37N7O8S. The molecule has 0 saturated carbocycles. The van der Waals surface area contributed by atoms with Crippen LogP contribution in [-0.4, -0.2) is 93.6 Å². The maximum absolute atomic E-state index is 13.0. The number of guanidine groups is 1. The number of aliphatic imine (C=N–C) groups is 1. The smallest absolute Gasteiger partial charge is 0.325 e. The molecule has 15 nitrogen and oxygen atoms in total. The van der Waals surface area contributed by atoms with Gasteiger partial charge < -0.3 is 31.7 Å². The Morgan fingerprint density at radius 2 is 1.88 bits per heavy atom. The molecule has 1 aromatic carbocycles. The van der Waals surface area contributed by atoms with Crippen molar-refractivity contribution in [1.82, 2.24) is 20.3 Å². The van der Waals surface area contributed by atoms with E-state index in [1.165, 1.54) is 4.90 Å². The van der Waals surface area contributed by atoms with E-state index in [4.69, 9.17) is 16.2 Å². The van der Waals surface area contributed by atoms with E-state index in [0.717, 1.165) is 0 Å². The van der Waals surface area contributed by atoms with Gasteiger partial charge in [0.25, 0.3) is 5.91 Å². The first-order valence-electron chi connectivity index (χ1n) is 13.1. The van der Waals surface area contributed by atoms with E-state index in [-0.39, 0.29) is 50.7 Å². The van der Waals surface area contributed by atoms with Gasteiger partial charge in [0.2, 0.25) is 27.6 Å². The number of nitrogens with two attached hydrogens (primary N) is 2. The second-order valence-electron chi connectivity index (χ2n) is 9.24. The van der Waals surface area contributed by atoms with Gasteiger partial charge in [-0.25, -0.2) is 13.1 Å². The number of sulfonamides is 1. The number of benzene rings is 1. The number of ketones is 1. The van der Waals surface area contributed by atoms with Crippen LogP contribution in [0.3, 0.4) is 0 Å². The molecule has 0 aliphatic carbocycles. The van der Waals surface area contributed by atoms with Crippen LogP contribution in [0.2, 0.25) is 0 Å². The van der Waals surface area contributed by atoms with E-state index in [2.05, 4.69) is 20.3 Å². The average molecular weight is 596 g/mol. The third-order valence-corrected chi connectivity index (χ3v) is 7.26. The highest BCUT2D eigenvalue weighted by Gasteiger charge is 2.34. The van der Waals surface area contributed by atoms with Crippen molar-refractivity contribution in [2.45, 2.75) is 50.4 Å². The largest absolute Gasteiger partial charge is 0.465 e. The van der Waals surface area contributed by atoms with Gasteiger partial charge in [0.15, 0.2) is 5.96 Å². The molecule has 1 aliphatic heterocycles. The number of nitrogens with zero attached hydrogens (tertiary/aromatic N) is 2. The Kier molecular flexibility index (Phi) is 13.2. The Morgan fingerprint density at radius 3 is 2.54 bits per heavy atom. The van der Waals surface area contributed by atoms with Crippen molar-refractivity contribution in [3.8, 4) is 0 Å². The molecule has 2 rings (SSSR count). The number of nitrogens with one attached hydrogen (secondary N) is 3. The normalized spacial score (nSPS) is 15.9. The fourth-order valence-electron chi connectivity index (χ4n) is 4.05. The Bertz CT molecular complexity index is 1220. The fourth-order valence-corrected chi connectivity index (χ4v) is 5.42. The highest BCUT2D eigenvalue weighted by molar-refractivity contribution is 7.88. The minimum atomic E-state index is -3.84. The summed E-state index contributed by atoms with van der Waals surface area (Å²) >= 11 is 0. The third kappa shape index (κ3) is 11.9. The molecule has 226 valence electrons. The lowest BCUT2D eigenvalue weighted by Crippen LogP contribution is -2.56. The van der Waals surface area contributed by atoms with Crippen LogP contribution >= 0.6 is 0 Å². The minimum Gasteiger partial charge on any atom is -0.465 e. The van der Waals surface area contributed by atoms with Gasteiger partial charge in [-0.3, -0.25) is 29.0 Å². The summed E-state index contributed by atoms with van der Waals surface area (Å²) in [6.07, 6.45) is 0.921. The van der Waals surface area contributed by atoms with Gasteiger partial charge in [0.1, 0.15) is 12.6 Å². The summed E-state index contributed by atoms with van der Waals surface area (Å²) in [5.41, 5.74) is 11.2. The van der Waals surface area contributed by atoms with Crippen molar-refractivity contribution < 1.29 is 37.1 Å². The van der Waals surface area contributed by atoms with Crippen LogP contribution < -0.4 is 26.8 Å². The first kappa shape index (κ1) is 33.2. The highest BCUT2D eigenvalue weighted by Crippen LogP contribution is 2.14. The summed E-state index contributed by atoms with van der Waals surface area (Å²) in [5.74, 6) is -4.63. The van der Waals surface area contributed by atoms with Crippen molar-refractivity contribution in [3.05, 3.63) is 35.9 Å². The molecule has 0 aromatic heterocycles. The van der Waals surface area contributed by atoms with Crippen LogP contribution in [0.1, 0.15) is 38.2 Å². The molecule has 1 fully saturated rings. The zero-order valence-electron chi connectivity index (χ0n) is 22.8. The number of rotatable bonds is 16. The Hall–Kier alpha value is -4.05. The second-order valence-corrected chi connectivity index (χ2v) is 11.0. The summed E-state index contributed by atoms with van der Waals surface area (Å²) < 4.78 is 32.4. The molecule has 1 saturated heterocycles. The molecule has 1 aromatic rings. The fraction of sp³-hybridized carbons (Fsp3) is 0.520. The van der Waals surface area contributed by atoms with Crippen molar-refractivity contribution in [1.29, 1.82) is 0 Å². The lowest BCUT2D eigenvalue weighted by molar-refractivity contribution is -0.145. The Labute approximate surface area is 238 Å². The van der Waals surface area contributed by atoms with Crippen molar-refractivity contribution in [3.63, 3.8) is 0 Å². The van der Waals surface area contributed by atoms with Gasteiger partial charge in [-0.2, -0.15) is 0 Å². The number of hydrogen-bond donors (Lipinski definition) is 5. The first-order chi connectivity index (χ1) is 19.4. The maximum Gasteiger partial charge on any atom is 0.325 e. The summed E-state index contributed by atoms with van der Waals surface area (Å²) in [7, 11) is -3.84. The van der Waals surface area contributed by atoms with Gasteiger partial charge in [-0.05, 0) is 38.2 Å². The van der Waals surface area contributed by atoms with Crippen LogP contribution in [0.25, 0.3) is 0 Å². The molecule has 16 heteroatoms. The molecule has 2 atom stereocenters. The van der Waals surface area contributed by atoms with Crippen LogP contribution in [0.4, 0.5) is 0 Å². The number of piperidine rings is 1. The van der Waals surface area contributed by atoms with Gasteiger partial charge in [0.05, 0.1) is 24.9 Å². The number of amides is 3. The van der Waals surface area contributed by atoms with Gasteiger partial charge in [-0.15, -0.1) is 0 Å². The molecule has 3 amide bonds. The number of hydrogen-bond acceptors (Lipinski definition) is 9. The standard InChI is InChI=1S/C25H37N7O8S/c1-2-40-21(34)14-29-23(36)22(35)18(10-6-12-28-25(26)27)30-20(33)15-32-13-7-11-19(24(32)37)31-41(38,39)16-17-8-4-3-5-9-17/h3-5,8-9,18-19,31H,2,6-7,10-16H2,1H3,(H,29,36)(H,30,33)(H4,26,27,28)/t18-,19-/m0/s1. The van der Waals surface area contributed by atoms with Crippen molar-refractivity contribution >= 4 is 45.5 Å². The molecule has 0 bridgehead atoms. The second kappa shape index (κ2) is 16.3. The van der Waals surface area contributed by atoms with Crippen molar-refractivity contribution in [2.75, 3.05) is 32.8 Å². The maximum atomic E-state index is 13.0. The Balaban J connectivity index is 2.01. The van der Waals surface area contributed by atoms with E-state index >= 15 is 0 Å². The molecule has 41 heavy (non-hydrogen) atoms. The summed E-state index contributed by atoms with van der Waals surface area (Å²) in [4.78, 5) is 67.5. The van der Waals surface area contributed by atoms with Crippen LogP contribution in [0.15, 0.2) is 35.3 Å². The highest BCUT2D eigenvalue weighted by atomic mass is 32.2. The molecule has 0 spiro atoms. The number of Topliss-reactive ketones (excluding diaryl/α,β-unsaturated/α-hetero) is 1. The quantitative estimate of drug-likeness (QED) is 0.0458. The van der Waals surface area contributed by atoms with Crippen LogP contribution in [0.5, 0.6) is 0 Å². The predicted octanol–water partition coefficient (Wildman–Crippen LogP) is -2.12. The SMILES string of the molecule is CCOC(=O)CNC(=O)C(=O)[C@H](CCCN=C(N)N)NC(=O)CN1CCC[C@H](NS(=O)(=O)Cc2ccccc2)C1=O. The molecule has 1 aliphatic rings. The minimum absolute atomic E-state index is 0.00988. The summed E-state index contributed by atoms with van der Waals surface area (Å²) in [6, 6.07) is 6.15.